The molecule has 1 aromatic heterocycles. The van der Waals surface area contributed by atoms with Gasteiger partial charge in [-0.25, -0.2) is 0 Å². The number of pyridine rings is 1. The third-order valence-electron chi connectivity index (χ3n) is 5.05. The minimum atomic E-state index is 0.722. The lowest BCUT2D eigenvalue weighted by molar-refractivity contribution is 0.265. The molecule has 0 aliphatic rings. The van der Waals surface area contributed by atoms with E-state index in [-0.39, 0.29) is 0 Å². The average Bonchev–Trinajstić information content (AvgIpc) is 2.71. The molecule has 1 N–H and O–H groups in total. The summed E-state index contributed by atoms with van der Waals surface area (Å²) in [6.45, 7) is 8.63. The van der Waals surface area contributed by atoms with Crippen LogP contribution in [0.15, 0.2) is 54.7 Å². The number of benzene rings is 2. The van der Waals surface area contributed by atoms with E-state index in [0.717, 1.165) is 60.6 Å². The van der Waals surface area contributed by atoms with Crippen LogP contribution in [0, 0.1) is 0 Å². The maximum atomic E-state index is 6.08. The van der Waals surface area contributed by atoms with Crippen LogP contribution in [-0.4, -0.2) is 29.5 Å². The number of halogens is 1. The van der Waals surface area contributed by atoms with Crippen molar-refractivity contribution < 1.29 is 0 Å². The van der Waals surface area contributed by atoms with E-state index in [4.69, 9.17) is 11.6 Å². The van der Waals surface area contributed by atoms with Gasteiger partial charge in [-0.3, -0.25) is 9.88 Å². The fraction of sp³-hybridized carbons (Fsp3) is 0.375. The highest BCUT2D eigenvalue weighted by molar-refractivity contribution is 6.31. The van der Waals surface area contributed by atoms with Crippen LogP contribution in [0.3, 0.4) is 0 Å². The Hall–Kier alpha value is -2.10. The second kappa shape index (κ2) is 10.4. The first-order valence-corrected chi connectivity index (χ1v) is 10.7. The summed E-state index contributed by atoms with van der Waals surface area (Å²) >= 11 is 6.08. The molecule has 148 valence electrons. The third-order valence-corrected chi connectivity index (χ3v) is 5.28. The normalized spacial score (nSPS) is 11.3. The maximum Gasteiger partial charge on any atom is 0.0737 e. The number of fused-ring (bicyclic) bond motifs is 1. The molecule has 3 rings (SSSR count). The predicted molar refractivity (Wildman–Crippen MR) is 121 cm³/mol. The van der Waals surface area contributed by atoms with Gasteiger partial charge in [0.1, 0.15) is 0 Å². The lowest BCUT2D eigenvalue weighted by atomic mass is 10.1. The van der Waals surface area contributed by atoms with Gasteiger partial charge >= 0.3 is 0 Å². The summed E-state index contributed by atoms with van der Waals surface area (Å²) in [4.78, 5) is 6.96. The van der Waals surface area contributed by atoms with E-state index >= 15 is 0 Å². The molecule has 4 heteroatoms. The van der Waals surface area contributed by atoms with Gasteiger partial charge in [-0.1, -0.05) is 49.7 Å². The van der Waals surface area contributed by atoms with Crippen LogP contribution in [0.2, 0.25) is 5.02 Å². The zero-order valence-electron chi connectivity index (χ0n) is 16.9. The summed E-state index contributed by atoms with van der Waals surface area (Å²) in [7, 11) is 0. The summed E-state index contributed by atoms with van der Waals surface area (Å²) < 4.78 is 0. The van der Waals surface area contributed by atoms with Crippen LogP contribution in [0.1, 0.15) is 37.8 Å². The molecule has 0 amide bonds. The summed E-state index contributed by atoms with van der Waals surface area (Å²) in [5.74, 6) is 0. The molecule has 0 radical (unpaired) electrons. The lowest BCUT2D eigenvalue weighted by Crippen LogP contribution is -2.26. The van der Waals surface area contributed by atoms with E-state index in [9.17, 15) is 0 Å². The molecule has 0 aliphatic heterocycles. The second-order valence-electron chi connectivity index (χ2n) is 7.25. The van der Waals surface area contributed by atoms with E-state index in [1.165, 1.54) is 17.5 Å². The van der Waals surface area contributed by atoms with Crippen molar-refractivity contribution in [2.24, 2.45) is 0 Å². The first-order valence-electron chi connectivity index (χ1n) is 10.3. The third kappa shape index (κ3) is 5.70. The maximum absolute atomic E-state index is 6.08. The van der Waals surface area contributed by atoms with Crippen molar-refractivity contribution in [3.63, 3.8) is 0 Å². The van der Waals surface area contributed by atoms with Gasteiger partial charge in [0.15, 0.2) is 0 Å². The van der Waals surface area contributed by atoms with Crippen molar-refractivity contribution >= 4 is 28.2 Å². The zero-order chi connectivity index (χ0) is 19.8. The molecule has 0 atom stereocenters. The molecular weight excluding hydrogens is 366 g/mol. The Morgan fingerprint density at radius 2 is 1.75 bits per heavy atom. The largest absolute Gasteiger partial charge is 0.384 e. The fourth-order valence-corrected chi connectivity index (χ4v) is 3.69. The Morgan fingerprint density at radius 3 is 2.50 bits per heavy atom. The van der Waals surface area contributed by atoms with Gasteiger partial charge in [-0.2, -0.15) is 0 Å². The smallest absolute Gasteiger partial charge is 0.0737 e. The predicted octanol–water partition coefficient (Wildman–Crippen LogP) is 6.16. The van der Waals surface area contributed by atoms with Crippen LogP contribution in [0.5, 0.6) is 0 Å². The summed E-state index contributed by atoms with van der Waals surface area (Å²) in [5.41, 5.74) is 4.86. The molecule has 3 aromatic rings. The van der Waals surface area contributed by atoms with Crippen LogP contribution in [0.4, 0.5) is 5.69 Å². The minimum absolute atomic E-state index is 0.722. The lowest BCUT2D eigenvalue weighted by Gasteiger charge is -2.22. The number of rotatable bonds is 10. The van der Waals surface area contributed by atoms with Crippen molar-refractivity contribution in [3.8, 4) is 0 Å². The summed E-state index contributed by atoms with van der Waals surface area (Å²) in [6, 6.07) is 17.0. The Balaban J connectivity index is 1.53. The Kier molecular flexibility index (Phi) is 7.70. The number of hydrogen-bond donors (Lipinski definition) is 1. The molecule has 0 saturated carbocycles. The Morgan fingerprint density at radius 1 is 0.964 bits per heavy atom. The van der Waals surface area contributed by atoms with E-state index in [2.05, 4.69) is 53.3 Å². The zero-order valence-corrected chi connectivity index (χ0v) is 17.7. The Labute approximate surface area is 173 Å². The highest BCUT2D eigenvalue weighted by Gasteiger charge is 2.06. The highest BCUT2D eigenvalue weighted by Crippen LogP contribution is 2.24. The van der Waals surface area contributed by atoms with Crippen molar-refractivity contribution in [2.75, 3.05) is 25.0 Å². The molecule has 3 nitrogen and oxygen atoms in total. The molecule has 0 spiro atoms. The number of aryl methyl sites for hydroxylation is 1. The molecule has 0 bridgehead atoms. The van der Waals surface area contributed by atoms with E-state index in [0.29, 0.717) is 0 Å². The van der Waals surface area contributed by atoms with E-state index in [1.807, 2.05) is 30.5 Å². The number of aromatic nitrogens is 1. The highest BCUT2D eigenvalue weighted by atomic mass is 35.5. The standard InChI is InChI=1S/C24H30ClN3/c1-3-15-28(18-20-8-6-19(4-2)7-9-20)16-5-13-26-23-12-14-27-24-17-21(25)10-11-22(23)24/h6-12,14,17H,3-5,13,15-16,18H2,1-2H3,(H,26,27). The first kappa shape index (κ1) is 20.6. The quantitative estimate of drug-likeness (QED) is 0.416. The van der Waals surface area contributed by atoms with Gasteiger partial charge in [-0.05, 0) is 61.2 Å². The molecule has 0 aliphatic carbocycles. The Bertz CT molecular complexity index is 877. The van der Waals surface area contributed by atoms with Gasteiger partial charge in [0, 0.05) is 41.9 Å². The molecule has 0 unspecified atom stereocenters. The minimum Gasteiger partial charge on any atom is -0.384 e. The second-order valence-corrected chi connectivity index (χ2v) is 7.68. The van der Waals surface area contributed by atoms with E-state index < -0.39 is 0 Å². The molecular formula is C24H30ClN3. The van der Waals surface area contributed by atoms with Crippen molar-refractivity contribution in [1.29, 1.82) is 0 Å². The van der Waals surface area contributed by atoms with Gasteiger partial charge in [-0.15, -0.1) is 0 Å². The van der Waals surface area contributed by atoms with Gasteiger partial charge in [0.05, 0.1) is 5.52 Å². The molecule has 28 heavy (non-hydrogen) atoms. The number of nitrogens with zero attached hydrogens (tertiary/aromatic N) is 2. The fourth-order valence-electron chi connectivity index (χ4n) is 3.53. The average molecular weight is 396 g/mol. The van der Waals surface area contributed by atoms with Crippen LogP contribution in [-0.2, 0) is 13.0 Å². The monoisotopic (exact) mass is 395 g/mol. The number of hydrogen-bond acceptors (Lipinski definition) is 3. The topological polar surface area (TPSA) is 28.2 Å². The van der Waals surface area contributed by atoms with Gasteiger partial charge in [0.2, 0.25) is 0 Å². The molecule has 0 saturated heterocycles. The van der Waals surface area contributed by atoms with Crippen molar-refractivity contribution in [3.05, 3.63) is 70.9 Å². The molecule has 1 heterocycles. The van der Waals surface area contributed by atoms with Gasteiger partial charge < -0.3 is 5.32 Å². The van der Waals surface area contributed by atoms with Crippen LogP contribution in [0.25, 0.3) is 10.9 Å². The van der Waals surface area contributed by atoms with Crippen LogP contribution < -0.4 is 5.32 Å². The van der Waals surface area contributed by atoms with Gasteiger partial charge in [0.25, 0.3) is 0 Å². The van der Waals surface area contributed by atoms with E-state index in [1.54, 1.807) is 0 Å². The number of nitrogens with one attached hydrogen (secondary N) is 1. The molecule has 0 fully saturated rings. The van der Waals surface area contributed by atoms with Crippen LogP contribution >= 0.6 is 11.6 Å². The summed E-state index contributed by atoms with van der Waals surface area (Å²) in [5, 5.41) is 5.41. The first-order chi connectivity index (χ1) is 13.7. The van der Waals surface area contributed by atoms with Crippen molar-refractivity contribution in [2.45, 2.75) is 39.7 Å². The number of anilines is 1. The summed E-state index contributed by atoms with van der Waals surface area (Å²) in [6.07, 6.45) is 5.21. The van der Waals surface area contributed by atoms with Crippen molar-refractivity contribution in [1.82, 2.24) is 9.88 Å². The SMILES string of the molecule is CCCN(CCCNc1ccnc2cc(Cl)ccc12)Cc1ccc(CC)cc1. The molecule has 2 aromatic carbocycles.